The molecule has 3 rings (SSSR count). The summed E-state index contributed by atoms with van der Waals surface area (Å²) in [7, 11) is 0. The molecule has 2 amide bonds. The lowest BCUT2D eigenvalue weighted by molar-refractivity contribution is -0.137. The lowest BCUT2D eigenvalue weighted by Crippen LogP contribution is -2.34. The molecule has 3 heterocycles. The SMILES string of the molecule is N/C(=C\N(N)CCC(F)Cn1cc(NC(=O)Cc2ccccn2)nn1)C(=O)NCc1cc(C(F)(F)F)ccn1. The minimum atomic E-state index is -4.54. The van der Waals surface area contributed by atoms with Gasteiger partial charge in [0, 0.05) is 30.8 Å². The van der Waals surface area contributed by atoms with Gasteiger partial charge in [-0.05, 0) is 30.7 Å². The van der Waals surface area contributed by atoms with E-state index in [-0.39, 0.29) is 55.6 Å². The normalized spacial score (nSPS) is 12.6. The van der Waals surface area contributed by atoms with E-state index in [2.05, 4.69) is 30.9 Å². The number of pyridine rings is 2. The Hall–Kier alpha value is -4.60. The molecule has 1 atom stereocenters. The van der Waals surface area contributed by atoms with Crippen LogP contribution >= 0.6 is 0 Å². The van der Waals surface area contributed by atoms with E-state index in [1.54, 1.807) is 24.4 Å². The van der Waals surface area contributed by atoms with Crippen molar-refractivity contribution in [3.63, 3.8) is 0 Å². The number of nitrogens with zero attached hydrogens (tertiary/aromatic N) is 6. The predicted octanol–water partition coefficient (Wildman–Crippen LogP) is 1.29. The maximum Gasteiger partial charge on any atom is 0.416 e. The van der Waals surface area contributed by atoms with Crippen LogP contribution in [0.2, 0.25) is 0 Å². The van der Waals surface area contributed by atoms with Gasteiger partial charge in [-0.3, -0.25) is 19.6 Å². The first-order valence-electron chi connectivity index (χ1n) is 11.5. The summed E-state index contributed by atoms with van der Waals surface area (Å²) < 4.78 is 54.0. The van der Waals surface area contributed by atoms with Gasteiger partial charge in [-0.15, -0.1) is 5.10 Å². The molecule has 12 nitrogen and oxygen atoms in total. The number of alkyl halides is 4. The highest BCUT2D eigenvalue weighted by atomic mass is 19.4. The van der Waals surface area contributed by atoms with E-state index >= 15 is 0 Å². The molecule has 0 aliphatic rings. The molecule has 16 heteroatoms. The Morgan fingerprint density at radius 3 is 2.64 bits per heavy atom. The van der Waals surface area contributed by atoms with E-state index < -0.39 is 23.8 Å². The van der Waals surface area contributed by atoms with Crippen molar-refractivity contribution in [1.29, 1.82) is 0 Å². The molecular weight excluding hydrogens is 524 g/mol. The number of anilines is 1. The van der Waals surface area contributed by atoms with Gasteiger partial charge in [0.25, 0.3) is 5.91 Å². The summed E-state index contributed by atoms with van der Waals surface area (Å²) in [5.41, 5.74) is 5.01. The third-order valence-corrected chi connectivity index (χ3v) is 5.10. The van der Waals surface area contributed by atoms with Crippen LogP contribution in [0.3, 0.4) is 0 Å². The molecule has 39 heavy (non-hydrogen) atoms. The molecule has 0 aliphatic carbocycles. The standard InChI is InChI=1S/C23H26F4N10O2/c24-16(12-37-14-20(34-35-37)33-21(38)10-17-3-1-2-6-30-17)5-8-36(29)13-19(28)22(39)32-11-18-9-15(4-7-31-18)23(25,26)27/h1-4,6-7,9,13-14,16H,5,8,10-12,28-29H2,(H,32,39)(H,33,38)/b19-13-. The van der Waals surface area contributed by atoms with Crippen molar-refractivity contribution in [1.82, 2.24) is 35.3 Å². The Balaban J connectivity index is 1.40. The zero-order chi connectivity index (χ0) is 28.4. The van der Waals surface area contributed by atoms with Crippen LogP contribution in [-0.2, 0) is 35.3 Å². The number of carbonyl (C=O) groups is 2. The Morgan fingerprint density at radius 2 is 1.92 bits per heavy atom. The molecule has 0 saturated carbocycles. The Morgan fingerprint density at radius 1 is 1.15 bits per heavy atom. The van der Waals surface area contributed by atoms with Crippen LogP contribution in [0.15, 0.2) is 60.8 Å². The van der Waals surface area contributed by atoms with Gasteiger partial charge in [-0.25, -0.2) is 14.9 Å². The van der Waals surface area contributed by atoms with Crippen LogP contribution < -0.4 is 22.2 Å². The summed E-state index contributed by atoms with van der Waals surface area (Å²) in [6.45, 7) is -0.481. The monoisotopic (exact) mass is 550 g/mol. The van der Waals surface area contributed by atoms with Gasteiger partial charge >= 0.3 is 6.18 Å². The fourth-order valence-electron chi connectivity index (χ4n) is 3.21. The van der Waals surface area contributed by atoms with Crippen LogP contribution in [-0.4, -0.2) is 54.5 Å². The average Bonchev–Trinajstić information content (AvgIpc) is 3.32. The van der Waals surface area contributed by atoms with Crippen molar-refractivity contribution in [3.8, 4) is 0 Å². The number of aromatic nitrogens is 5. The number of nitrogens with one attached hydrogen (secondary N) is 2. The van der Waals surface area contributed by atoms with E-state index in [9.17, 15) is 27.2 Å². The summed E-state index contributed by atoms with van der Waals surface area (Å²) in [4.78, 5) is 32.0. The highest BCUT2D eigenvalue weighted by Gasteiger charge is 2.30. The quantitative estimate of drug-likeness (QED) is 0.112. The summed E-state index contributed by atoms with van der Waals surface area (Å²) in [5, 5.41) is 13.5. The molecule has 3 aromatic heterocycles. The zero-order valence-electron chi connectivity index (χ0n) is 20.5. The number of amides is 2. The van der Waals surface area contributed by atoms with Gasteiger partial charge in [-0.2, -0.15) is 13.2 Å². The van der Waals surface area contributed by atoms with Gasteiger partial charge in [-0.1, -0.05) is 11.3 Å². The molecule has 6 N–H and O–H groups in total. The first-order valence-corrected chi connectivity index (χ1v) is 11.5. The topological polar surface area (TPSA) is 170 Å². The summed E-state index contributed by atoms with van der Waals surface area (Å²) in [6, 6.07) is 6.83. The van der Waals surface area contributed by atoms with Crippen LogP contribution in [0.4, 0.5) is 23.4 Å². The minimum absolute atomic E-state index is 0.0140. The molecule has 3 aromatic rings. The van der Waals surface area contributed by atoms with Crippen molar-refractivity contribution in [2.24, 2.45) is 11.6 Å². The molecule has 0 spiro atoms. The van der Waals surface area contributed by atoms with E-state index in [1.165, 1.54) is 10.9 Å². The van der Waals surface area contributed by atoms with E-state index in [1.807, 2.05) is 0 Å². The van der Waals surface area contributed by atoms with Crippen LogP contribution in [0.25, 0.3) is 0 Å². The largest absolute Gasteiger partial charge is 0.416 e. The molecule has 0 fully saturated rings. The predicted molar refractivity (Wildman–Crippen MR) is 130 cm³/mol. The van der Waals surface area contributed by atoms with Crippen LogP contribution in [0.1, 0.15) is 23.4 Å². The van der Waals surface area contributed by atoms with Crippen molar-refractivity contribution < 1.29 is 27.2 Å². The van der Waals surface area contributed by atoms with Crippen molar-refractivity contribution >= 4 is 17.6 Å². The molecule has 0 aliphatic heterocycles. The molecule has 0 aromatic carbocycles. The second-order valence-electron chi connectivity index (χ2n) is 8.30. The van der Waals surface area contributed by atoms with Crippen LogP contribution in [0, 0.1) is 0 Å². The lowest BCUT2D eigenvalue weighted by atomic mass is 10.2. The third kappa shape index (κ3) is 9.66. The smallest absolute Gasteiger partial charge is 0.393 e. The van der Waals surface area contributed by atoms with Crippen molar-refractivity contribution in [2.75, 3.05) is 11.9 Å². The van der Waals surface area contributed by atoms with Crippen molar-refractivity contribution in [3.05, 3.63) is 77.8 Å². The zero-order valence-corrected chi connectivity index (χ0v) is 20.5. The number of hydrogen-bond acceptors (Lipinski definition) is 9. The number of hydrogen-bond donors (Lipinski definition) is 4. The summed E-state index contributed by atoms with van der Waals surface area (Å²) >= 11 is 0. The fraction of sp³-hybridized carbons (Fsp3) is 0.304. The summed E-state index contributed by atoms with van der Waals surface area (Å²) in [5.74, 6) is 4.77. The Bertz CT molecular complexity index is 1280. The highest BCUT2D eigenvalue weighted by molar-refractivity contribution is 5.92. The van der Waals surface area contributed by atoms with E-state index in [4.69, 9.17) is 11.6 Å². The minimum Gasteiger partial charge on any atom is -0.393 e. The number of nitrogens with two attached hydrogens (primary N) is 2. The van der Waals surface area contributed by atoms with Gasteiger partial charge < -0.3 is 21.4 Å². The number of carbonyl (C=O) groups excluding carboxylic acids is 2. The van der Waals surface area contributed by atoms with Crippen LogP contribution in [0.5, 0.6) is 0 Å². The molecule has 208 valence electrons. The fourth-order valence-corrected chi connectivity index (χ4v) is 3.21. The second kappa shape index (κ2) is 13.3. The molecule has 1 unspecified atom stereocenters. The number of hydrazine groups is 1. The summed E-state index contributed by atoms with van der Waals surface area (Å²) in [6.07, 6.45) is -0.939. The van der Waals surface area contributed by atoms with E-state index in [0.717, 1.165) is 29.5 Å². The molecule has 0 bridgehead atoms. The number of halogens is 4. The van der Waals surface area contributed by atoms with Crippen molar-refractivity contribution in [2.45, 2.75) is 38.3 Å². The first kappa shape index (κ1) is 29.0. The highest BCUT2D eigenvalue weighted by Crippen LogP contribution is 2.28. The van der Waals surface area contributed by atoms with E-state index in [0.29, 0.717) is 5.69 Å². The maximum atomic E-state index is 14.4. The average molecular weight is 551 g/mol. The Labute approximate surface area is 220 Å². The lowest BCUT2D eigenvalue weighted by Gasteiger charge is -2.16. The maximum absolute atomic E-state index is 14.4. The second-order valence-corrected chi connectivity index (χ2v) is 8.30. The van der Waals surface area contributed by atoms with Gasteiger partial charge in [0.1, 0.15) is 11.9 Å². The van der Waals surface area contributed by atoms with Gasteiger partial charge in [0.05, 0.1) is 37.0 Å². The number of rotatable bonds is 12. The Kier molecular flexibility index (Phi) is 9.86. The molecular formula is C23H26F4N10O2. The molecule has 0 saturated heterocycles. The third-order valence-electron chi connectivity index (χ3n) is 5.10. The van der Waals surface area contributed by atoms with Gasteiger partial charge in [0.15, 0.2) is 5.82 Å². The molecule has 0 radical (unpaired) electrons. The first-order chi connectivity index (χ1) is 18.5. The van der Waals surface area contributed by atoms with Gasteiger partial charge in [0.2, 0.25) is 5.91 Å².